The van der Waals surface area contributed by atoms with Crippen LogP contribution in [0.2, 0.25) is 0 Å². The minimum atomic E-state index is -0.211. The van der Waals surface area contributed by atoms with Crippen LogP contribution < -0.4 is 4.90 Å². The summed E-state index contributed by atoms with van der Waals surface area (Å²) in [4.78, 5) is 14.4. The van der Waals surface area contributed by atoms with Crippen molar-refractivity contribution in [2.45, 2.75) is 52.9 Å². The van der Waals surface area contributed by atoms with Crippen molar-refractivity contribution in [1.82, 2.24) is 24.6 Å². The number of hydrogen-bond donors (Lipinski definition) is 1. The first-order valence-electron chi connectivity index (χ1n) is 11.2. The summed E-state index contributed by atoms with van der Waals surface area (Å²) >= 11 is 0. The maximum atomic E-state index is 15.9. The Kier molecular flexibility index (Phi) is 4.91. The third-order valence-corrected chi connectivity index (χ3v) is 6.72. The van der Waals surface area contributed by atoms with Crippen LogP contribution >= 0.6 is 0 Å². The van der Waals surface area contributed by atoms with E-state index in [0.717, 1.165) is 65.4 Å². The van der Waals surface area contributed by atoms with Gasteiger partial charge in [-0.25, -0.2) is 18.9 Å². The van der Waals surface area contributed by atoms with Crippen LogP contribution in [-0.4, -0.2) is 37.7 Å². The molecule has 5 heterocycles. The van der Waals surface area contributed by atoms with Crippen molar-refractivity contribution in [3.05, 3.63) is 41.7 Å². The molecule has 1 N–H and O–H groups in total. The van der Waals surface area contributed by atoms with E-state index in [9.17, 15) is 0 Å². The fourth-order valence-corrected chi connectivity index (χ4v) is 4.97. The molecule has 1 aliphatic rings. The van der Waals surface area contributed by atoms with Crippen LogP contribution in [0.1, 0.15) is 57.1 Å². The molecule has 1 fully saturated rings. The standard InChI is InChI=1S/C24H29FN6/c1-5-16-6-8-30(9-7-16)24-21(25)20-18(11-26-24)29-22(19(20)14(2)3)17-10-15(4)23-27-13-28-31(23)12-17/h10-14,16,29H,5-9H2,1-4H3. The number of nitrogens with one attached hydrogen (secondary N) is 1. The van der Waals surface area contributed by atoms with Crippen molar-refractivity contribution >= 4 is 22.4 Å². The summed E-state index contributed by atoms with van der Waals surface area (Å²) in [6.07, 6.45) is 8.68. The van der Waals surface area contributed by atoms with E-state index in [1.807, 2.05) is 13.1 Å². The van der Waals surface area contributed by atoms with Gasteiger partial charge >= 0.3 is 0 Å². The van der Waals surface area contributed by atoms with Crippen molar-refractivity contribution in [2.24, 2.45) is 5.92 Å². The highest BCUT2D eigenvalue weighted by molar-refractivity contribution is 5.93. The first-order chi connectivity index (χ1) is 15.0. The number of pyridine rings is 2. The molecule has 0 unspecified atom stereocenters. The number of aromatic nitrogens is 5. The fourth-order valence-electron chi connectivity index (χ4n) is 4.97. The molecule has 4 aromatic rings. The van der Waals surface area contributed by atoms with Gasteiger partial charge in [0.1, 0.15) is 6.33 Å². The number of rotatable bonds is 4. The van der Waals surface area contributed by atoms with Gasteiger partial charge in [-0.2, -0.15) is 5.10 Å². The minimum absolute atomic E-state index is 0.145. The third-order valence-electron chi connectivity index (χ3n) is 6.72. The van der Waals surface area contributed by atoms with Gasteiger partial charge in [0.15, 0.2) is 17.3 Å². The van der Waals surface area contributed by atoms with Gasteiger partial charge in [-0.3, -0.25) is 0 Å². The van der Waals surface area contributed by atoms with E-state index in [1.165, 1.54) is 6.42 Å². The Hall–Kier alpha value is -2.96. The van der Waals surface area contributed by atoms with Gasteiger partial charge in [0.2, 0.25) is 0 Å². The monoisotopic (exact) mass is 420 g/mol. The summed E-state index contributed by atoms with van der Waals surface area (Å²) in [6.45, 7) is 10.2. The molecule has 31 heavy (non-hydrogen) atoms. The molecule has 0 spiro atoms. The first kappa shape index (κ1) is 20.0. The van der Waals surface area contributed by atoms with Crippen LogP contribution in [0.3, 0.4) is 0 Å². The predicted octanol–water partition coefficient (Wildman–Crippen LogP) is 5.47. The van der Waals surface area contributed by atoms with Crippen LogP contribution in [0.25, 0.3) is 27.8 Å². The average molecular weight is 421 g/mol. The molecular formula is C24H29FN6. The lowest BCUT2D eigenvalue weighted by molar-refractivity contribution is 0.391. The largest absolute Gasteiger partial charge is 0.354 e. The van der Waals surface area contributed by atoms with Crippen LogP contribution in [0, 0.1) is 18.7 Å². The van der Waals surface area contributed by atoms with Crippen molar-refractivity contribution in [3.63, 3.8) is 0 Å². The predicted molar refractivity (Wildman–Crippen MR) is 122 cm³/mol. The molecular weight excluding hydrogens is 391 g/mol. The number of H-pyrrole nitrogens is 1. The zero-order chi connectivity index (χ0) is 21.7. The molecule has 1 aliphatic heterocycles. The number of halogens is 1. The van der Waals surface area contributed by atoms with E-state index in [-0.39, 0.29) is 11.7 Å². The van der Waals surface area contributed by atoms with Gasteiger partial charge < -0.3 is 9.88 Å². The quantitative estimate of drug-likeness (QED) is 0.476. The molecule has 0 radical (unpaired) electrons. The number of anilines is 1. The van der Waals surface area contributed by atoms with Crippen LogP contribution in [0.5, 0.6) is 0 Å². The Balaban J connectivity index is 1.65. The Morgan fingerprint density at radius 2 is 2.00 bits per heavy atom. The molecule has 0 saturated carbocycles. The highest BCUT2D eigenvalue weighted by atomic mass is 19.1. The number of fused-ring (bicyclic) bond motifs is 2. The van der Waals surface area contributed by atoms with Crippen LogP contribution in [0.4, 0.5) is 10.2 Å². The fraction of sp³-hybridized carbons (Fsp3) is 0.458. The molecule has 4 aromatic heterocycles. The number of hydrogen-bond acceptors (Lipinski definition) is 4. The van der Waals surface area contributed by atoms with Gasteiger partial charge in [0, 0.05) is 30.2 Å². The van der Waals surface area contributed by atoms with Gasteiger partial charge in [-0.05, 0) is 48.8 Å². The number of nitrogens with zero attached hydrogens (tertiary/aromatic N) is 5. The van der Waals surface area contributed by atoms with Crippen molar-refractivity contribution in [1.29, 1.82) is 0 Å². The molecule has 0 aliphatic carbocycles. The molecule has 6 nitrogen and oxygen atoms in total. The van der Waals surface area contributed by atoms with Crippen molar-refractivity contribution < 1.29 is 4.39 Å². The lowest BCUT2D eigenvalue weighted by Crippen LogP contribution is -2.34. The molecule has 0 aromatic carbocycles. The molecule has 7 heteroatoms. The Bertz CT molecular complexity index is 1250. The van der Waals surface area contributed by atoms with E-state index in [0.29, 0.717) is 11.2 Å². The van der Waals surface area contributed by atoms with Crippen LogP contribution in [0.15, 0.2) is 24.8 Å². The zero-order valence-corrected chi connectivity index (χ0v) is 18.6. The number of piperidine rings is 1. The van der Waals surface area contributed by atoms with Crippen molar-refractivity contribution in [2.75, 3.05) is 18.0 Å². The zero-order valence-electron chi connectivity index (χ0n) is 18.6. The molecule has 5 rings (SSSR count). The summed E-state index contributed by atoms with van der Waals surface area (Å²) < 4.78 is 17.7. The van der Waals surface area contributed by atoms with Gasteiger partial charge in [0.05, 0.1) is 17.4 Å². The number of aryl methyl sites for hydroxylation is 1. The summed E-state index contributed by atoms with van der Waals surface area (Å²) in [7, 11) is 0. The smallest absolute Gasteiger partial charge is 0.175 e. The van der Waals surface area contributed by atoms with E-state index in [2.05, 4.69) is 51.8 Å². The summed E-state index contributed by atoms with van der Waals surface area (Å²) in [5, 5.41) is 4.96. The molecule has 1 saturated heterocycles. The first-order valence-corrected chi connectivity index (χ1v) is 11.2. The Labute approximate surface area is 181 Å². The maximum absolute atomic E-state index is 15.9. The van der Waals surface area contributed by atoms with Crippen molar-refractivity contribution in [3.8, 4) is 11.3 Å². The Morgan fingerprint density at radius 1 is 1.23 bits per heavy atom. The van der Waals surface area contributed by atoms with Crippen LogP contribution in [-0.2, 0) is 0 Å². The normalized spacial score (nSPS) is 15.6. The maximum Gasteiger partial charge on any atom is 0.175 e. The van der Waals surface area contributed by atoms with E-state index < -0.39 is 0 Å². The van der Waals surface area contributed by atoms with Gasteiger partial charge in [0.25, 0.3) is 0 Å². The minimum Gasteiger partial charge on any atom is -0.354 e. The second-order valence-electron chi connectivity index (χ2n) is 9.03. The summed E-state index contributed by atoms with van der Waals surface area (Å²) in [5.41, 5.74) is 5.48. The summed E-state index contributed by atoms with van der Waals surface area (Å²) in [6, 6.07) is 2.09. The van der Waals surface area contributed by atoms with E-state index in [4.69, 9.17) is 0 Å². The highest BCUT2D eigenvalue weighted by Crippen LogP contribution is 2.39. The van der Waals surface area contributed by atoms with Gasteiger partial charge in [-0.1, -0.05) is 27.2 Å². The third kappa shape index (κ3) is 3.27. The summed E-state index contributed by atoms with van der Waals surface area (Å²) in [5.74, 6) is 1.16. The lowest BCUT2D eigenvalue weighted by Gasteiger charge is -2.32. The van der Waals surface area contributed by atoms with Gasteiger partial charge in [-0.15, -0.1) is 0 Å². The Morgan fingerprint density at radius 3 is 2.71 bits per heavy atom. The molecule has 0 atom stereocenters. The second kappa shape index (κ2) is 7.62. The molecule has 0 bridgehead atoms. The topological polar surface area (TPSA) is 62.1 Å². The molecule has 162 valence electrons. The van der Waals surface area contributed by atoms with E-state index >= 15 is 4.39 Å². The number of aromatic amines is 1. The second-order valence-corrected chi connectivity index (χ2v) is 9.03. The average Bonchev–Trinajstić information content (AvgIpc) is 3.39. The SMILES string of the molecule is CCC1CCN(c2ncc3[nH]c(-c4cc(C)c5ncnn5c4)c(C(C)C)c3c2F)CC1. The molecule has 0 amide bonds. The lowest BCUT2D eigenvalue weighted by atomic mass is 9.94. The highest BCUT2D eigenvalue weighted by Gasteiger charge is 2.26. The van der Waals surface area contributed by atoms with E-state index in [1.54, 1.807) is 17.0 Å².